The number of amides is 1. The van der Waals surface area contributed by atoms with E-state index in [4.69, 9.17) is 5.11 Å². The van der Waals surface area contributed by atoms with Crippen LogP contribution >= 0.6 is 0 Å². The first-order chi connectivity index (χ1) is 8.18. The Labute approximate surface area is 98.3 Å². The number of hydrogen-bond donors (Lipinski definition) is 1. The van der Waals surface area contributed by atoms with Gasteiger partial charge in [-0.25, -0.2) is 0 Å². The van der Waals surface area contributed by atoms with Crippen LogP contribution in [0.4, 0.5) is 0 Å². The first kappa shape index (κ1) is 11.5. The van der Waals surface area contributed by atoms with Crippen LogP contribution in [0, 0.1) is 5.92 Å². The van der Waals surface area contributed by atoms with Gasteiger partial charge in [0, 0.05) is 19.3 Å². The summed E-state index contributed by atoms with van der Waals surface area (Å²) >= 11 is 0. The molecule has 2 rings (SSSR count). The lowest BCUT2D eigenvalue weighted by molar-refractivity contribution is -0.143. The Kier molecular flexibility index (Phi) is 3.32. The molecule has 6 nitrogen and oxygen atoms in total. The normalized spacial score (nSPS) is 20.0. The van der Waals surface area contributed by atoms with Crippen molar-refractivity contribution in [3.05, 3.63) is 24.0 Å². The molecule has 1 aromatic heterocycles. The molecule has 0 bridgehead atoms. The van der Waals surface area contributed by atoms with Crippen molar-refractivity contribution in [3.8, 4) is 0 Å². The second-order valence-electron chi connectivity index (χ2n) is 4.04. The van der Waals surface area contributed by atoms with Crippen molar-refractivity contribution < 1.29 is 14.7 Å². The van der Waals surface area contributed by atoms with Gasteiger partial charge in [0.2, 0.25) is 0 Å². The van der Waals surface area contributed by atoms with Gasteiger partial charge in [-0.1, -0.05) is 0 Å². The van der Waals surface area contributed by atoms with E-state index in [1.165, 1.54) is 11.1 Å². The molecule has 1 unspecified atom stereocenters. The minimum absolute atomic E-state index is 0.246. The summed E-state index contributed by atoms with van der Waals surface area (Å²) in [7, 11) is 0. The molecule has 1 fully saturated rings. The number of carbonyl (C=O) groups is 2. The van der Waals surface area contributed by atoms with Gasteiger partial charge < -0.3 is 10.0 Å². The van der Waals surface area contributed by atoms with Crippen molar-refractivity contribution in [1.29, 1.82) is 0 Å². The molecule has 2 heterocycles. The van der Waals surface area contributed by atoms with E-state index >= 15 is 0 Å². The van der Waals surface area contributed by atoms with E-state index in [1.54, 1.807) is 12.1 Å². The van der Waals surface area contributed by atoms with Crippen molar-refractivity contribution in [1.82, 2.24) is 15.1 Å². The first-order valence-electron chi connectivity index (χ1n) is 5.48. The molecule has 1 N–H and O–H groups in total. The highest BCUT2D eigenvalue weighted by atomic mass is 16.4. The molecule has 0 radical (unpaired) electrons. The summed E-state index contributed by atoms with van der Waals surface area (Å²) in [5.41, 5.74) is 0.263. The second kappa shape index (κ2) is 4.90. The molecule has 17 heavy (non-hydrogen) atoms. The van der Waals surface area contributed by atoms with Gasteiger partial charge in [0.1, 0.15) is 0 Å². The van der Waals surface area contributed by atoms with Gasteiger partial charge in [0.15, 0.2) is 5.69 Å². The zero-order valence-corrected chi connectivity index (χ0v) is 9.24. The highest BCUT2D eigenvalue weighted by molar-refractivity contribution is 5.92. The summed E-state index contributed by atoms with van der Waals surface area (Å²) in [5, 5.41) is 16.3. The van der Waals surface area contributed by atoms with Gasteiger partial charge in [0.25, 0.3) is 5.91 Å². The molecule has 0 saturated carbocycles. The van der Waals surface area contributed by atoms with Crippen molar-refractivity contribution in [2.45, 2.75) is 12.8 Å². The van der Waals surface area contributed by atoms with Crippen LogP contribution in [0.3, 0.4) is 0 Å². The third-order valence-corrected chi connectivity index (χ3v) is 2.85. The highest BCUT2D eigenvalue weighted by Gasteiger charge is 2.29. The maximum absolute atomic E-state index is 12.0. The Bertz CT molecular complexity index is 421. The zero-order valence-electron chi connectivity index (χ0n) is 9.24. The average Bonchev–Trinajstić information content (AvgIpc) is 2.39. The largest absolute Gasteiger partial charge is 0.481 e. The molecule has 1 amide bonds. The number of rotatable bonds is 2. The van der Waals surface area contributed by atoms with Gasteiger partial charge in [-0.05, 0) is 25.0 Å². The fraction of sp³-hybridized carbons (Fsp3) is 0.455. The number of carbonyl (C=O) groups excluding carboxylic acids is 1. The Balaban J connectivity index is 2.07. The molecule has 1 saturated heterocycles. The van der Waals surface area contributed by atoms with Crippen molar-refractivity contribution in [2.75, 3.05) is 13.1 Å². The summed E-state index contributed by atoms with van der Waals surface area (Å²) in [6.07, 6.45) is 2.83. The van der Waals surface area contributed by atoms with Crippen molar-refractivity contribution in [3.63, 3.8) is 0 Å². The molecule has 6 heteroatoms. The molecule has 0 aromatic carbocycles. The summed E-state index contributed by atoms with van der Waals surface area (Å²) in [6.45, 7) is 0.837. The molecule has 1 aliphatic rings. The number of hydrogen-bond acceptors (Lipinski definition) is 4. The summed E-state index contributed by atoms with van der Waals surface area (Å²) in [6, 6.07) is 3.22. The van der Waals surface area contributed by atoms with Crippen LogP contribution < -0.4 is 0 Å². The number of aromatic nitrogens is 2. The number of aliphatic carboxylic acids is 1. The topological polar surface area (TPSA) is 83.4 Å². The quantitative estimate of drug-likeness (QED) is 0.802. The highest BCUT2D eigenvalue weighted by Crippen LogP contribution is 2.18. The van der Waals surface area contributed by atoms with Crippen LogP contribution in [-0.2, 0) is 4.79 Å². The SMILES string of the molecule is O=C(O)C1CCCN(C(=O)c2cccnn2)C1. The number of likely N-dealkylation sites (tertiary alicyclic amines) is 1. The van der Waals surface area contributed by atoms with E-state index < -0.39 is 11.9 Å². The van der Waals surface area contributed by atoms with Gasteiger partial charge >= 0.3 is 5.97 Å². The third kappa shape index (κ3) is 2.58. The number of carboxylic acids is 1. The summed E-state index contributed by atoms with van der Waals surface area (Å²) < 4.78 is 0. The lowest BCUT2D eigenvalue weighted by Crippen LogP contribution is -2.42. The minimum atomic E-state index is -0.846. The van der Waals surface area contributed by atoms with Gasteiger partial charge in [0.05, 0.1) is 5.92 Å². The molecular weight excluding hydrogens is 222 g/mol. The Morgan fingerprint density at radius 1 is 1.47 bits per heavy atom. The standard InChI is InChI=1S/C11H13N3O3/c15-10(9-4-1-5-12-13-9)14-6-2-3-8(7-14)11(16)17/h1,4-5,8H,2-3,6-7H2,(H,16,17). The molecule has 1 aromatic rings. The first-order valence-corrected chi connectivity index (χ1v) is 5.48. The van der Waals surface area contributed by atoms with Gasteiger partial charge in [-0.3, -0.25) is 9.59 Å². The third-order valence-electron chi connectivity index (χ3n) is 2.85. The lowest BCUT2D eigenvalue weighted by Gasteiger charge is -2.30. The van der Waals surface area contributed by atoms with E-state index in [-0.39, 0.29) is 18.1 Å². The van der Waals surface area contributed by atoms with Crippen LogP contribution in [0.1, 0.15) is 23.3 Å². The number of carboxylic acid groups (broad SMARTS) is 1. The molecule has 1 atom stereocenters. The fourth-order valence-electron chi connectivity index (χ4n) is 1.94. The van der Waals surface area contributed by atoms with E-state index in [2.05, 4.69) is 10.2 Å². The fourth-order valence-corrected chi connectivity index (χ4v) is 1.94. The van der Waals surface area contributed by atoms with Crippen LogP contribution in [0.2, 0.25) is 0 Å². The predicted molar refractivity (Wildman–Crippen MR) is 58.3 cm³/mol. The molecular formula is C11H13N3O3. The maximum Gasteiger partial charge on any atom is 0.308 e. The van der Waals surface area contributed by atoms with E-state index in [1.807, 2.05) is 0 Å². The number of piperidine rings is 1. The average molecular weight is 235 g/mol. The Morgan fingerprint density at radius 3 is 2.94 bits per heavy atom. The summed E-state index contributed by atoms with van der Waals surface area (Å²) in [5.74, 6) is -1.56. The molecule has 0 spiro atoms. The van der Waals surface area contributed by atoms with Crippen molar-refractivity contribution in [2.24, 2.45) is 5.92 Å². The monoisotopic (exact) mass is 235 g/mol. The Hall–Kier alpha value is -1.98. The molecule has 90 valence electrons. The van der Waals surface area contributed by atoms with Crippen LogP contribution in [0.15, 0.2) is 18.3 Å². The molecule has 0 aliphatic carbocycles. The van der Waals surface area contributed by atoms with Gasteiger partial charge in [-0.2, -0.15) is 5.10 Å². The van der Waals surface area contributed by atoms with Crippen LogP contribution in [-0.4, -0.2) is 45.2 Å². The number of nitrogens with zero attached hydrogens (tertiary/aromatic N) is 3. The van der Waals surface area contributed by atoms with E-state index in [9.17, 15) is 9.59 Å². The zero-order chi connectivity index (χ0) is 12.3. The van der Waals surface area contributed by atoms with Crippen LogP contribution in [0.5, 0.6) is 0 Å². The lowest BCUT2D eigenvalue weighted by atomic mass is 9.98. The van der Waals surface area contributed by atoms with Crippen molar-refractivity contribution >= 4 is 11.9 Å². The summed E-state index contributed by atoms with van der Waals surface area (Å²) in [4.78, 5) is 24.4. The van der Waals surface area contributed by atoms with E-state index in [0.717, 1.165) is 0 Å². The predicted octanol–water partition coefficient (Wildman–Crippen LogP) is 0.413. The van der Waals surface area contributed by atoms with Gasteiger partial charge in [-0.15, -0.1) is 5.10 Å². The van der Waals surface area contributed by atoms with E-state index in [0.29, 0.717) is 19.4 Å². The minimum Gasteiger partial charge on any atom is -0.481 e. The maximum atomic E-state index is 12.0. The second-order valence-corrected chi connectivity index (χ2v) is 4.04. The smallest absolute Gasteiger partial charge is 0.308 e. The molecule has 1 aliphatic heterocycles. The van der Waals surface area contributed by atoms with Crippen LogP contribution in [0.25, 0.3) is 0 Å². The Morgan fingerprint density at radius 2 is 2.29 bits per heavy atom.